The summed E-state index contributed by atoms with van der Waals surface area (Å²) in [6, 6.07) is 1.62. The number of nitrogens with one attached hydrogen (secondary N) is 1. The van der Waals surface area contributed by atoms with Gasteiger partial charge in [0.25, 0.3) is 0 Å². The molecule has 0 bridgehead atoms. The minimum Gasteiger partial charge on any atom is -0.397 e. The second-order valence-electron chi connectivity index (χ2n) is 3.70. The van der Waals surface area contributed by atoms with Gasteiger partial charge in [-0.15, -0.1) is 0 Å². The highest BCUT2D eigenvalue weighted by atomic mass is 32.2. The number of nitrogens with two attached hydrogens (primary N) is 1. The van der Waals surface area contributed by atoms with E-state index in [2.05, 4.69) is 9.71 Å². The van der Waals surface area contributed by atoms with Gasteiger partial charge in [0.15, 0.2) is 0 Å². The van der Waals surface area contributed by atoms with Crippen molar-refractivity contribution in [3.63, 3.8) is 0 Å². The number of rotatable bonds is 5. The predicted molar refractivity (Wildman–Crippen MR) is 65.7 cm³/mol. The molecule has 0 fully saturated rings. The monoisotopic (exact) mass is 243 g/mol. The predicted octanol–water partition coefficient (Wildman–Crippen LogP) is 1.51. The van der Waals surface area contributed by atoms with Gasteiger partial charge in [-0.3, -0.25) is 4.72 Å². The summed E-state index contributed by atoms with van der Waals surface area (Å²) in [5.74, 6) is 0.442. The van der Waals surface area contributed by atoms with E-state index in [1.807, 2.05) is 6.92 Å². The highest BCUT2D eigenvalue weighted by Crippen LogP contribution is 2.14. The van der Waals surface area contributed by atoms with Gasteiger partial charge in [-0.1, -0.05) is 13.3 Å². The van der Waals surface area contributed by atoms with Crippen LogP contribution < -0.4 is 10.5 Å². The van der Waals surface area contributed by atoms with E-state index in [-0.39, 0.29) is 5.75 Å². The molecule has 0 radical (unpaired) electrons. The second-order valence-corrected chi connectivity index (χ2v) is 5.54. The van der Waals surface area contributed by atoms with Crippen LogP contribution in [0.25, 0.3) is 0 Å². The van der Waals surface area contributed by atoms with Crippen molar-refractivity contribution in [2.45, 2.75) is 26.7 Å². The molecule has 0 amide bonds. The van der Waals surface area contributed by atoms with Crippen molar-refractivity contribution in [2.75, 3.05) is 16.2 Å². The minimum atomic E-state index is -3.28. The molecule has 6 heteroatoms. The molecule has 1 aromatic heterocycles. The van der Waals surface area contributed by atoms with E-state index >= 15 is 0 Å². The number of unbranched alkanes of at least 4 members (excludes halogenated alkanes) is 1. The lowest BCUT2D eigenvalue weighted by Gasteiger charge is -2.08. The number of aryl methyl sites for hydroxylation is 1. The molecule has 0 aliphatic heterocycles. The fourth-order valence-corrected chi connectivity index (χ4v) is 2.37. The maximum Gasteiger partial charge on any atom is 0.233 e. The molecule has 0 aliphatic rings. The number of sulfonamides is 1. The first-order chi connectivity index (χ1) is 7.44. The molecule has 0 spiro atoms. The second kappa shape index (κ2) is 5.16. The summed E-state index contributed by atoms with van der Waals surface area (Å²) in [5, 5.41) is 0. The lowest BCUT2D eigenvalue weighted by atomic mass is 10.2. The molecule has 0 saturated heterocycles. The van der Waals surface area contributed by atoms with Crippen molar-refractivity contribution in [3.05, 3.63) is 17.8 Å². The van der Waals surface area contributed by atoms with Crippen molar-refractivity contribution < 1.29 is 8.42 Å². The van der Waals surface area contributed by atoms with E-state index < -0.39 is 10.0 Å². The molecule has 3 N–H and O–H groups in total. The van der Waals surface area contributed by atoms with Crippen LogP contribution in [0.1, 0.15) is 25.3 Å². The molecule has 5 nitrogen and oxygen atoms in total. The molecule has 16 heavy (non-hydrogen) atoms. The first-order valence-electron chi connectivity index (χ1n) is 5.17. The van der Waals surface area contributed by atoms with E-state index in [1.165, 1.54) is 6.20 Å². The first kappa shape index (κ1) is 12.8. The normalized spacial score (nSPS) is 11.4. The van der Waals surface area contributed by atoms with Gasteiger partial charge in [0.1, 0.15) is 5.82 Å². The topological polar surface area (TPSA) is 85.1 Å². The Labute approximate surface area is 96.1 Å². The molecule has 0 saturated carbocycles. The third-order valence-corrected chi connectivity index (χ3v) is 3.52. The van der Waals surface area contributed by atoms with E-state index in [0.717, 1.165) is 12.0 Å². The summed E-state index contributed by atoms with van der Waals surface area (Å²) in [5.41, 5.74) is 6.95. The molecule has 0 aliphatic carbocycles. The highest BCUT2D eigenvalue weighted by molar-refractivity contribution is 7.92. The largest absolute Gasteiger partial charge is 0.397 e. The van der Waals surface area contributed by atoms with Crippen LogP contribution in [0.4, 0.5) is 11.5 Å². The Hall–Kier alpha value is -1.30. The fourth-order valence-electron chi connectivity index (χ4n) is 1.17. The van der Waals surface area contributed by atoms with E-state index in [9.17, 15) is 8.42 Å². The maximum absolute atomic E-state index is 11.6. The van der Waals surface area contributed by atoms with Crippen molar-refractivity contribution >= 4 is 21.5 Å². The molecular formula is C10H17N3O2S. The van der Waals surface area contributed by atoms with E-state index in [1.54, 1.807) is 13.0 Å². The molecule has 1 aromatic rings. The zero-order valence-corrected chi connectivity index (χ0v) is 10.3. The smallest absolute Gasteiger partial charge is 0.233 e. The molecule has 1 rings (SSSR count). The van der Waals surface area contributed by atoms with Gasteiger partial charge < -0.3 is 5.73 Å². The van der Waals surface area contributed by atoms with Crippen LogP contribution in [0.15, 0.2) is 12.3 Å². The lowest BCUT2D eigenvalue weighted by molar-refractivity contribution is 0.597. The molecular weight excluding hydrogens is 226 g/mol. The van der Waals surface area contributed by atoms with Crippen LogP contribution in [0.3, 0.4) is 0 Å². The molecule has 0 aromatic carbocycles. The number of nitrogens with zero attached hydrogens (tertiary/aromatic N) is 1. The number of aromatic nitrogens is 1. The highest BCUT2D eigenvalue weighted by Gasteiger charge is 2.10. The summed E-state index contributed by atoms with van der Waals surface area (Å²) in [4.78, 5) is 3.92. The maximum atomic E-state index is 11.6. The lowest BCUT2D eigenvalue weighted by Crippen LogP contribution is -2.17. The van der Waals surface area contributed by atoms with Gasteiger partial charge in [-0.2, -0.15) is 0 Å². The Bertz CT molecular complexity index is 457. The van der Waals surface area contributed by atoms with Crippen molar-refractivity contribution in [3.8, 4) is 0 Å². The third-order valence-electron chi connectivity index (χ3n) is 2.18. The van der Waals surface area contributed by atoms with Gasteiger partial charge in [0, 0.05) is 0 Å². The first-order valence-corrected chi connectivity index (χ1v) is 6.82. The summed E-state index contributed by atoms with van der Waals surface area (Å²) in [7, 11) is -3.28. The molecule has 0 atom stereocenters. The van der Waals surface area contributed by atoms with E-state index in [0.29, 0.717) is 17.9 Å². The fraction of sp³-hybridized carbons (Fsp3) is 0.500. The van der Waals surface area contributed by atoms with Crippen molar-refractivity contribution in [1.82, 2.24) is 4.98 Å². The van der Waals surface area contributed by atoms with Crippen LogP contribution in [0.5, 0.6) is 0 Å². The van der Waals surface area contributed by atoms with Gasteiger partial charge in [-0.05, 0) is 25.0 Å². The number of pyridine rings is 1. The third kappa shape index (κ3) is 3.69. The van der Waals surface area contributed by atoms with Gasteiger partial charge in [0.2, 0.25) is 10.0 Å². The van der Waals surface area contributed by atoms with Crippen LogP contribution >= 0.6 is 0 Å². The summed E-state index contributed by atoms with van der Waals surface area (Å²) in [6.45, 7) is 3.75. The van der Waals surface area contributed by atoms with Gasteiger partial charge >= 0.3 is 0 Å². The average Bonchev–Trinajstić information content (AvgIpc) is 2.20. The number of nitrogen functional groups attached to an aromatic ring is 1. The molecule has 1 heterocycles. The van der Waals surface area contributed by atoms with Gasteiger partial charge in [0.05, 0.1) is 17.6 Å². The Balaban J connectivity index is 2.76. The quantitative estimate of drug-likeness (QED) is 0.821. The average molecular weight is 243 g/mol. The standard InChI is InChI=1S/C10H17N3O2S/c1-3-4-5-16(14,15)13-10-6-8(2)9(11)7-12-10/h6-7H,3-5,11H2,1-2H3,(H,12,13). The molecule has 90 valence electrons. The van der Waals surface area contributed by atoms with Crippen LogP contribution in [0.2, 0.25) is 0 Å². The van der Waals surface area contributed by atoms with Crippen LogP contribution in [-0.2, 0) is 10.0 Å². The molecule has 0 unspecified atom stereocenters. The number of anilines is 2. The Morgan fingerprint density at radius 1 is 1.50 bits per heavy atom. The summed E-state index contributed by atoms with van der Waals surface area (Å²) >= 11 is 0. The zero-order chi connectivity index (χ0) is 12.2. The number of hydrogen-bond donors (Lipinski definition) is 2. The zero-order valence-electron chi connectivity index (χ0n) is 9.53. The Kier molecular flexibility index (Phi) is 4.12. The van der Waals surface area contributed by atoms with Crippen molar-refractivity contribution in [1.29, 1.82) is 0 Å². The Morgan fingerprint density at radius 2 is 2.19 bits per heavy atom. The Morgan fingerprint density at radius 3 is 2.75 bits per heavy atom. The van der Waals surface area contributed by atoms with Crippen LogP contribution in [0, 0.1) is 6.92 Å². The van der Waals surface area contributed by atoms with Gasteiger partial charge in [-0.25, -0.2) is 13.4 Å². The van der Waals surface area contributed by atoms with Crippen LogP contribution in [-0.4, -0.2) is 19.2 Å². The summed E-state index contributed by atoms with van der Waals surface area (Å²) < 4.78 is 25.6. The minimum absolute atomic E-state index is 0.120. The van der Waals surface area contributed by atoms with E-state index in [4.69, 9.17) is 5.73 Å². The summed E-state index contributed by atoms with van der Waals surface area (Å²) in [6.07, 6.45) is 2.94. The van der Waals surface area contributed by atoms with Crippen molar-refractivity contribution in [2.24, 2.45) is 0 Å². The SMILES string of the molecule is CCCCS(=O)(=O)Nc1cc(C)c(N)cn1. The number of hydrogen-bond acceptors (Lipinski definition) is 4.